The summed E-state index contributed by atoms with van der Waals surface area (Å²) in [5, 5.41) is 15.3. The third-order valence-corrected chi connectivity index (χ3v) is 0.871. The van der Waals surface area contributed by atoms with Crippen molar-refractivity contribution in [3.63, 3.8) is 0 Å². The lowest BCUT2D eigenvalue weighted by Gasteiger charge is -2.02. The van der Waals surface area contributed by atoms with E-state index < -0.39 is 4.92 Å². The maximum atomic E-state index is 9.89. The molecule has 5 nitrogen and oxygen atoms in total. The van der Waals surface area contributed by atoms with Crippen LogP contribution in [0.2, 0.25) is 0 Å². The molecule has 0 saturated carbocycles. The molecule has 0 aliphatic heterocycles. The van der Waals surface area contributed by atoms with Gasteiger partial charge in [0.25, 0.3) is 6.20 Å². The fourth-order valence-electron chi connectivity index (χ4n) is 0.494. The van der Waals surface area contributed by atoms with Crippen LogP contribution in [0.4, 0.5) is 0 Å². The highest BCUT2D eigenvalue weighted by atomic mass is 16.6. The van der Waals surface area contributed by atoms with Gasteiger partial charge in [0.1, 0.15) is 0 Å². The molecule has 0 atom stereocenters. The number of nitrogens with one attached hydrogen (secondary N) is 2. The molecule has 0 aliphatic carbocycles. The summed E-state index contributed by atoms with van der Waals surface area (Å²) in [6.07, 6.45) is 0.892. The van der Waals surface area contributed by atoms with Gasteiger partial charge in [0.15, 0.2) is 5.82 Å². The van der Waals surface area contributed by atoms with Crippen LogP contribution in [0.3, 0.4) is 0 Å². The van der Waals surface area contributed by atoms with Crippen molar-refractivity contribution in [2.24, 2.45) is 0 Å². The van der Waals surface area contributed by atoms with Crippen LogP contribution in [0.25, 0.3) is 0 Å². The molecule has 0 radical (unpaired) electrons. The largest absolute Gasteiger partial charge is 0.370 e. The van der Waals surface area contributed by atoms with Gasteiger partial charge in [0.05, 0.1) is 4.92 Å². The molecule has 0 spiro atoms. The molecule has 0 aromatic heterocycles. The third-order valence-electron chi connectivity index (χ3n) is 0.871. The van der Waals surface area contributed by atoms with Crippen LogP contribution in [0, 0.1) is 10.1 Å². The van der Waals surface area contributed by atoms with E-state index in [1.165, 1.54) is 0 Å². The van der Waals surface area contributed by atoms with E-state index in [4.69, 9.17) is 0 Å². The van der Waals surface area contributed by atoms with Gasteiger partial charge in [0, 0.05) is 13.6 Å². The first-order valence-corrected chi connectivity index (χ1v) is 2.97. The van der Waals surface area contributed by atoms with Crippen molar-refractivity contribution in [1.29, 1.82) is 0 Å². The lowest BCUT2D eigenvalue weighted by molar-refractivity contribution is -0.404. The molecule has 5 heteroatoms. The number of nitrogens with zero attached hydrogens (tertiary/aromatic N) is 1. The Morgan fingerprint density at radius 3 is 2.70 bits per heavy atom. The predicted octanol–water partition coefficient (Wildman–Crippen LogP) is -0.109. The summed E-state index contributed by atoms with van der Waals surface area (Å²) in [6, 6.07) is 0. The highest BCUT2D eigenvalue weighted by Crippen LogP contribution is 1.80. The minimum absolute atomic E-state index is 0.424. The Balaban J connectivity index is 3.91. The van der Waals surface area contributed by atoms with Crippen molar-refractivity contribution in [3.8, 4) is 0 Å². The molecular weight excluding hydrogens is 134 g/mol. The molecule has 0 unspecified atom stereocenters. The Bertz CT molecular complexity index is 144. The average Bonchev–Trinajstić information content (AvgIpc) is 1.86. The number of hydrogen-bond donors (Lipinski definition) is 2. The van der Waals surface area contributed by atoms with Crippen LogP contribution in [0.15, 0.2) is 12.0 Å². The number of nitro groups is 1. The van der Waals surface area contributed by atoms with Gasteiger partial charge in [0.2, 0.25) is 0 Å². The van der Waals surface area contributed by atoms with Crippen molar-refractivity contribution < 1.29 is 4.92 Å². The Labute approximate surface area is 59.3 Å². The van der Waals surface area contributed by atoms with E-state index in [1.807, 2.05) is 6.92 Å². The van der Waals surface area contributed by atoms with Gasteiger partial charge < -0.3 is 10.6 Å². The van der Waals surface area contributed by atoms with Crippen molar-refractivity contribution in [1.82, 2.24) is 10.6 Å². The van der Waals surface area contributed by atoms with E-state index in [9.17, 15) is 10.1 Å². The molecule has 0 rings (SSSR count). The van der Waals surface area contributed by atoms with E-state index in [-0.39, 0.29) is 0 Å². The first kappa shape index (κ1) is 8.74. The quantitative estimate of drug-likeness (QED) is 0.428. The second-order valence-electron chi connectivity index (χ2n) is 1.61. The lowest BCUT2D eigenvalue weighted by atomic mass is 10.6. The maximum Gasteiger partial charge on any atom is 0.274 e. The monoisotopic (exact) mass is 145 g/mol. The van der Waals surface area contributed by atoms with Crippen LogP contribution in [0.5, 0.6) is 0 Å². The zero-order valence-electron chi connectivity index (χ0n) is 6.05. The molecule has 10 heavy (non-hydrogen) atoms. The number of rotatable bonds is 4. The fraction of sp³-hybridized carbons (Fsp3) is 0.600. The van der Waals surface area contributed by atoms with E-state index in [0.29, 0.717) is 12.4 Å². The second-order valence-corrected chi connectivity index (χ2v) is 1.61. The van der Waals surface area contributed by atoms with Crippen molar-refractivity contribution in [2.45, 2.75) is 6.92 Å². The smallest absolute Gasteiger partial charge is 0.274 e. The van der Waals surface area contributed by atoms with Crippen molar-refractivity contribution in [3.05, 3.63) is 22.1 Å². The summed E-state index contributed by atoms with van der Waals surface area (Å²) in [7, 11) is 1.62. The number of hydrogen-bond acceptors (Lipinski definition) is 4. The standard InChI is InChI=1S/C5H11N3O2/c1-3-7-5(6-2)4-8(9)10/h4,6-7H,3H2,1-2H3/b5-4+. The van der Waals surface area contributed by atoms with Crippen LogP contribution in [0.1, 0.15) is 6.92 Å². The molecule has 0 aromatic rings. The topological polar surface area (TPSA) is 67.2 Å². The van der Waals surface area contributed by atoms with Gasteiger partial charge in [-0.25, -0.2) is 0 Å². The predicted molar refractivity (Wildman–Crippen MR) is 37.8 cm³/mol. The summed E-state index contributed by atoms with van der Waals surface area (Å²) in [5.41, 5.74) is 0. The van der Waals surface area contributed by atoms with E-state index in [1.54, 1.807) is 7.05 Å². The molecule has 58 valence electrons. The molecule has 0 amide bonds. The van der Waals surface area contributed by atoms with Gasteiger partial charge in [-0.1, -0.05) is 0 Å². The maximum absolute atomic E-state index is 9.89. The third kappa shape index (κ3) is 3.71. The minimum Gasteiger partial charge on any atom is -0.370 e. The molecule has 0 heterocycles. The summed E-state index contributed by atoms with van der Waals surface area (Å²) in [4.78, 5) is 9.39. The molecular formula is C5H11N3O2. The molecule has 0 fully saturated rings. The molecule has 0 aromatic carbocycles. The van der Waals surface area contributed by atoms with Gasteiger partial charge in [-0.3, -0.25) is 10.1 Å². The van der Waals surface area contributed by atoms with Gasteiger partial charge in [-0.2, -0.15) is 0 Å². The van der Waals surface area contributed by atoms with E-state index in [2.05, 4.69) is 10.6 Å². The fourth-order valence-corrected chi connectivity index (χ4v) is 0.494. The normalized spacial score (nSPS) is 10.8. The lowest BCUT2D eigenvalue weighted by Crippen LogP contribution is -2.23. The Hall–Kier alpha value is -1.26. The Morgan fingerprint density at radius 1 is 1.80 bits per heavy atom. The van der Waals surface area contributed by atoms with Gasteiger partial charge in [-0.15, -0.1) is 0 Å². The first-order valence-electron chi connectivity index (χ1n) is 2.97. The summed E-state index contributed by atoms with van der Waals surface area (Å²) >= 11 is 0. The van der Waals surface area contributed by atoms with E-state index >= 15 is 0 Å². The Kier molecular flexibility index (Phi) is 4.02. The highest BCUT2D eigenvalue weighted by Gasteiger charge is 1.95. The van der Waals surface area contributed by atoms with Crippen LogP contribution < -0.4 is 10.6 Å². The minimum atomic E-state index is -0.505. The van der Waals surface area contributed by atoms with Crippen LogP contribution in [-0.4, -0.2) is 18.5 Å². The van der Waals surface area contributed by atoms with Gasteiger partial charge in [-0.05, 0) is 6.92 Å². The zero-order valence-corrected chi connectivity index (χ0v) is 6.05. The van der Waals surface area contributed by atoms with Crippen molar-refractivity contribution >= 4 is 0 Å². The molecule has 0 aliphatic rings. The molecule has 0 bridgehead atoms. The Morgan fingerprint density at radius 2 is 2.40 bits per heavy atom. The highest BCUT2D eigenvalue weighted by molar-refractivity contribution is 4.89. The average molecular weight is 145 g/mol. The first-order chi connectivity index (χ1) is 4.70. The van der Waals surface area contributed by atoms with Crippen LogP contribution >= 0.6 is 0 Å². The molecule has 0 saturated heterocycles. The van der Waals surface area contributed by atoms with E-state index in [0.717, 1.165) is 6.20 Å². The van der Waals surface area contributed by atoms with Gasteiger partial charge >= 0.3 is 0 Å². The molecule has 2 N–H and O–H groups in total. The van der Waals surface area contributed by atoms with Crippen molar-refractivity contribution in [2.75, 3.05) is 13.6 Å². The summed E-state index contributed by atoms with van der Waals surface area (Å²) < 4.78 is 0. The SMILES string of the molecule is CCN/C(=C/[N+](=O)[O-])NC. The zero-order chi connectivity index (χ0) is 7.98. The second kappa shape index (κ2) is 4.60. The summed E-state index contributed by atoms with van der Waals surface area (Å²) in [5.74, 6) is 0.424. The summed E-state index contributed by atoms with van der Waals surface area (Å²) in [6.45, 7) is 2.53. The van der Waals surface area contributed by atoms with Crippen LogP contribution in [-0.2, 0) is 0 Å².